The standard InChI is InChI=1S/C12H22N4OS/c1-5-12(6-2,7-13)14-11(17)10-9(8(3)4)15-16-18-10/h8H,5-7,13H2,1-4H3,(H,14,17). The highest BCUT2D eigenvalue weighted by atomic mass is 32.1. The number of amides is 1. The Labute approximate surface area is 112 Å². The molecular formula is C12H22N4OS. The highest BCUT2D eigenvalue weighted by molar-refractivity contribution is 7.08. The van der Waals surface area contributed by atoms with Crippen molar-refractivity contribution in [3.8, 4) is 0 Å². The van der Waals surface area contributed by atoms with Crippen molar-refractivity contribution in [1.82, 2.24) is 14.9 Å². The first-order valence-electron chi connectivity index (χ1n) is 6.34. The van der Waals surface area contributed by atoms with E-state index >= 15 is 0 Å². The second-order valence-electron chi connectivity index (χ2n) is 4.79. The molecule has 18 heavy (non-hydrogen) atoms. The van der Waals surface area contributed by atoms with Crippen molar-refractivity contribution < 1.29 is 4.79 Å². The van der Waals surface area contributed by atoms with Gasteiger partial charge in [0.2, 0.25) is 0 Å². The Morgan fingerprint density at radius 1 is 1.44 bits per heavy atom. The molecule has 3 N–H and O–H groups in total. The third kappa shape index (κ3) is 3.05. The minimum Gasteiger partial charge on any atom is -0.345 e. The highest BCUT2D eigenvalue weighted by Crippen LogP contribution is 2.21. The summed E-state index contributed by atoms with van der Waals surface area (Å²) in [7, 11) is 0. The minimum absolute atomic E-state index is 0.108. The predicted octanol–water partition coefficient (Wildman–Crippen LogP) is 1.91. The largest absolute Gasteiger partial charge is 0.345 e. The Kier molecular flexibility index (Phi) is 5.22. The van der Waals surface area contributed by atoms with Crippen LogP contribution in [0.15, 0.2) is 0 Å². The van der Waals surface area contributed by atoms with Gasteiger partial charge in [0.15, 0.2) is 0 Å². The van der Waals surface area contributed by atoms with Gasteiger partial charge in [0.1, 0.15) is 4.88 Å². The summed E-state index contributed by atoms with van der Waals surface area (Å²) in [5.41, 5.74) is 6.22. The van der Waals surface area contributed by atoms with E-state index in [1.54, 1.807) is 0 Å². The van der Waals surface area contributed by atoms with E-state index < -0.39 is 0 Å². The number of aromatic nitrogens is 2. The maximum absolute atomic E-state index is 12.3. The molecule has 0 unspecified atom stereocenters. The zero-order valence-corrected chi connectivity index (χ0v) is 12.3. The smallest absolute Gasteiger partial charge is 0.265 e. The van der Waals surface area contributed by atoms with Gasteiger partial charge < -0.3 is 11.1 Å². The fourth-order valence-electron chi connectivity index (χ4n) is 1.80. The molecule has 1 aromatic rings. The monoisotopic (exact) mass is 270 g/mol. The molecule has 1 heterocycles. The summed E-state index contributed by atoms with van der Waals surface area (Å²) >= 11 is 1.14. The summed E-state index contributed by atoms with van der Waals surface area (Å²) in [6, 6.07) is 0. The number of hydrogen-bond donors (Lipinski definition) is 2. The molecule has 1 rings (SSSR count). The van der Waals surface area contributed by atoms with Crippen LogP contribution in [0.25, 0.3) is 0 Å². The zero-order valence-electron chi connectivity index (χ0n) is 11.5. The Bertz CT molecular complexity index is 390. The lowest BCUT2D eigenvalue weighted by Crippen LogP contribution is -2.52. The Balaban J connectivity index is 2.91. The first-order valence-corrected chi connectivity index (χ1v) is 7.11. The molecule has 5 nitrogen and oxygen atoms in total. The van der Waals surface area contributed by atoms with Crippen LogP contribution >= 0.6 is 11.5 Å². The van der Waals surface area contributed by atoms with E-state index in [1.165, 1.54) is 0 Å². The molecule has 0 atom stereocenters. The highest BCUT2D eigenvalue weighted by Gasteiger charge is 2.29. The van der Waals surface area contributed by atoms with Gasteiger partial charge in [-0.15, -0.1) is 5.10 Å². The van der Waals surface area contributed by atoms with Crippen molar-refractivity contribution in [3.63, 3.8) is 0 Å². The average molecular weight is 270 g/mol. The molecule has 0 aromatic carbocycles. The van der Waals surface area contributed by atoms with Crippen LogP contribution < -0.4 is 11.1 Å². The number of nitrogens with one attached hydrogen (secondary N) is 1. The fraction of sp³-hybridized carbons (Fsp3) is 0.750. The van der Waals surface area contributed by atoms with Gasteiger partial charge in [0.25, 0.3) is 5.91 Å². The van der Waals surface area contributed by atoms with Gasteiger partial charge in [-0.1, -0.05) is 32.2 Å². The van der Waals surface area contributed by atoms with Gasteiger partial charge in [-0.3, -0.25) is 4.79 Å². The van der Waals surface area contributed by atoms with Gasteiger partial charge in [-0.2, -0.15) is 0 Å². The first-order chi connectivity index (χ1) is 8.49. The third-order valence-corrected chi connectivity index (χ3v) is 4.13. The van der Waals surface area contributed by atoms with Gasteiger partial charge in [-0.25, -0.2) is 0 Å². The molecule has 0 saturated heterocycles. The van der Waals surface area contributed by atoms with Gasteiger partial charge in [0, 0.05) is 6.54 Å². The van der Waals surface area contributed by atoms with Crippen molar-refractivity contribution in [3.05, 3.63) is 10.6 Å². The molecule has 0 aliphatic carbocycles. The van der Waals surface area contributed by atoms with Crippen LogP contribution in [0.2, 0.25) is 0 Å². The number of rotatable bonds is 6. The summed E-state index contributed by atoms with van der Waals surface area (Å²) in [6.45, 7) is 8.51. The van der Waals surface area contributed by atoms with Crippen molar-refractivity contribution in [2.24, 2.45) is 5.73 Å². The van der Waals surface area contributed by atoms with Gasteiger partial charge in [0.05, 0.1) is 11.2 Å². The predicted molar refractivity (Wildman–Crippen MR) is 73.8 cm³/mol. The molecule has 1 aromatic heterocycles. The van der Waals surface area contributed by atoms with Crippen LogP contribution in [-0.2, 0) is 0 Å². The maximum atomic E-state index is 12.3. The van der Waals surface area contributed by atoms with Gasteiger partial charge >= 0.3 is 0 Å². The lowest BCUT2D eigenvalue weighted by Gasteiger charge is -2.31. The summed E-state index contributed by atoms with van der Waals surface area (Å²) in [6.07, 6.45) is 1.63. The van der Waals surface area contributed by atoms with E-state index in [2.05, 4.69) is 14.9 Å². The number of carbonyl (C=O) groups excluding carboxylic acids is 1. The molecule has 0 bridgehead atoms. The summed E-state index contributed by atoms with van der Waals surface area (Å²) in [5, 5.41) is 7.06. The molecule has 0 radical (unpaired) electrons. The van der Waals surface area contributed by atoms with E-state index in [4.69, 9.17) is 5.73 Å². The van der Waals surface area contributed by atoms with Crippen LogP contribution in [0.3, 0.4) is 0 Å². The van der Waals surface area contributed by atoms with E-state index in [-0.39, 0.29) is 17.4 Å². The van der Waals surface area contributed by atoms with Crippen LogP contribution in [-0.4, -0.2) is 27.6 Å². The Hall–Kier alpha value is -1.01. The van der Waals surface area contributed by atoms with E-state index in [0.717, 1.165) is 30.1 Å². The Morgan fingerprint density at radius 2 is 2.06 bits per heavy atom. The van der Waals surface area contributed by atoms with E-state index in [0.29, 0.717) is 11.4 Å². The second-order valence-corrected chi connectivity index (χ2v) is 5.54. The van der Waals surface area contributed by atoms with Crippen LogP contribution in [0.5, 0.6) is 0 Å². The molecule has 6 heteroatoms. The third-order valence-electron chi connectivity index (χ3n) is 3.39. The van der Waals surface area contributed by atoms with Crippen molar-refractivity contribution in [2.75, 3.05) is 6.54 Å². The maximum Gasteiger partial charge on any atom is 0.265 e. The van der Waals surface area contributed by atoms with Crippen molar-refractivity contribution in [2.45, 2.75) is 52.0 Å². The Morgan fingerprint density at radius 3 is 2.50 bits per heavy atom. The molecule has 1 amide bonds. The van der Waals surface area contributed by atoms with E-state index in [1.807, 2.05) is 27.7 Å². The molecule has 0 aliphatic heterocycles. The lowest BCUT2D eigenvalue weighted by molar-refractivity contribution is 0.0898. The minimum atomic E-state index is -0.324. The lowest BCUT2D eigenvalue weighted by atomic mass is 9.92. The van der Waals surface area contributed by atoms with Crippen LogP contribution in [0, 0.1) is 0 Å². The zero-order chi connectivity index (χ0) is 13.8. The van der Waals surface area contributed by atoms with Crippen molar-refractivity contribution >= 4 is 17.4 Å². The summed E-state index contributed by atoms with van der Waals surface area (Å²) in [4.78, 5) is 12.9. The summed E-state index contributed by atoms with van der Waals surface area (Å²) in [5.74, 6) is 0.0860. The normalized spacial score (nSPS) is 11.9. The number of nitrogens with two attached hydrogens (primary N) is 1. The number of carbonyl (C=O) groups is 1. The van der Waals surface area contributed by atoms with Gasteiger partial charge in [-0.05, 0) is 30.3 Å². The van der Waals surface area contributed by atoms with E-state index in [9.17, 15) is 4.79 Å². The second kappa shape index (κ2) is 6.24. The van der Waals surface area contributed by atoms with Crippen LogP contribution in [0.4, 0.5) is 0 Å². The van der Waals surface area contributed by atoms with Crippen molar-refractivity contribution in [1.29, 1.82) is 0 Å². The SMILES string of the molecule is CCC(CC)(CN)NC(=O)c1snnc1C(C)C. The molecule has 102 valence electrons. The molecule has 0 aliphatic rings. The quantitative estimate of drug-likeness (QED) is 0.827. The molecule has 0 saturated carbocycles. The molecular weight excluding hydrogens is 248 g/mol. The van der Waals surface area contributed by atoms with Crippen LogP contribution in [0.1, 0.15) is 61.8 Å². The molecule has 0 fully saturated rings. The number of nitrogens with zero attached hydrogens (tertiary/aromatic N) is 2. The average Bonchev–Trinajstić information content (AvgIpc) is 2.85. The topological polar surface area (TPSA) is 80.9 Å². The summed E-state index contributed by atoms with van der Waals surface area (Å²) < 4.78 is 3.87. The fourth-order valence-corrected chi connectivity index (χ4v) is 2.51. The number of hydrogen-bond acceptors (Lipinski definition) is 5. The molecule has 0 spiro atoms. The first kappa shape index (κ1) is 15.0.